The van der Waals surface area contributed by atoms with Crippen molar-refractivity contribution < 1.29 is 19.4 Å². The van der Waals surface area contributed by atoms with Crippen LogP contribution < -0.4 is 5.32 Å². The molecule has 2 aliphatic heterocycles. The fourth-order valence-electron chi connectivity index (χ4n) is 3.06. The minimum atomic E-state index is -0.872. The van der Waals surface area contributed by atoms with Gasteiger partial charge in [-0.3, -0.25) is 9.59 Å². The summed E-state index contributed by atoms with van der Waals surface area (Å²) in [5.41, 5.74) is 0. The van der Waals surface area contributed by atoms with E-state index in [4.69, 9.17) is 4.74 Å². The molecule has 0 aromatic heterocycles. The third-order valence-electron chi connectivity index (χ3n) is 4.16. The molecule has 2 heterocycles. The third kappa shape index (κ3) is 3.30. The number of hydrogen-bond donors (Lipinski definition) is 2. The van der Waals surface area contributed by atoms with Gasteiger partial charge in [0, 0.05) is 13.1 Å². The van der Waals surface area contributed by atoms with Crippen LogP contribution in [0.25, 0.3) is 0 Å². The van der Waals surface area contributed by atoms with Gasteiger partial charge in [-0.2, -0.15) is 0 Å². The Morgan fingerprint density at radius 1 is 1.40 bits per heavy atom. The number of aliphatic carboxylic acids is 1. The summed E-state index contributed by atoms with van der Waals surface area (Å²) >= 11 is 0. The van der Waals surface area contributed by atoms with Gasteiger partial charge in [0.2, 0.25) is 5.91 Å². The highest BCUT2D eigenvalue weighted by Crippen LogP contribution is 2.24. The van der Waals surface area contributed by atoms with Gasteiger partial charge in [-0.05, 0) is 25.8 Å². The van der Waals surface area contributed by atoms with E-state index in [1.165, 1.54) is 0 Å². The molecule has 0 bridgehead atoms. The minimum Gasteiger partial charge on any atom is -0.481 e. The van der Waals surface area contributed by atoms with Crippen molar-refractivity contribution in [3.05, 3.63) is 0 Å². The van der Waals surface area contributed by atoms with E-state index in [-0.39, 0.29) is 24.5 Å². The molecule has 0 radical (unpaired) electrons. The zero-order valence-corrected chi connectivity index (χ0v) is 12.0. The molecule has 6 heteroatoms. The molecule has 2 fully saturated rings. The summed E-state index contributed by atoms with van der Waals surface area (Å²) in [7, 11) is 0. The summed E-state index contributed by atoms with van der Waals surface area (Å²) < 4.78 is 5.31. The Morgan fingerprint density at radius 3 is 2.80 bits per heavy atom. The fraction of sp³-hybridized carbons (Fsp3) is 0.857. The van der Waals surface area contributed by atoms with Crippen LogP contribution in [-0.2, 0) is 14.3 Å². The van der Waals surface area contributed by atoms with Crippen LogP contribution in [0.1, 0.15) is 26.2 Å². The van der Waals surface area contributed by atoms with E-state index in [0.717, 1.165) is 25.8 Å². The smallest absolute Gasteiger partial charge is 0.311 e. The van der Waals surface area contributed by atoms with Gasteiger partial charge < -0.3 is 20.1 Å². The highest BCUT2D eigenvalue weighted by atomic mass is 16.5. The van der Waals surface area contributed by atoms with Crippen LogP contribution in [0, 0.1) is 11.8 Å². The molecule has 0 saturated carbocycles. The van der Waals surface area contributed by atoms with E-state index in [1.807, 2.05) is 6.92 Å². The molecule has 2 unspecified atom stereocenters. The zero-order valence-electron chi connectivity index (χ0n) is 12.0. The number of carboxylic acids is 1. The van der Waals surface area contributed by atoms with Crippen LogP contribution in [0.5, 0.6) is 0 Å². The summed E-state index contributed by atoms with van der Waals surface area (Å²) in [4.78, 5) is 25.7. The van der Waals surface area contributed by atoms with E-state index in [9.17, 15) is 14.7 Å². The molecule has 0 aliphatic carbocycles. The van der Waals surface area contributed by atoms with Crippen LogP contribution in [-0.4, -0.2) is 60.8 Å². The molecule has 0 aromatic carbocycles. The number of carbonyl (C=O) groups is 2. The van der Waals surface area contributed by atoms with E-state index in [0.29, 0.717) is 19.7 Å². The molecule has 0 spiro atoms. The van der Waals surface area contributed by atoms with Crippen molar-refractivity contribution in [3.63, 3.8) is 0 Å². The minimum absolute atomic E-state index is 0.0228. The van der Waals surface area contributed by atoms with Crippen molar-refractivity contribution in [2.45, 2.75) is 32.2 Å². The number of carbonyl (C=O) groups excluding carboxylic acids is 1. The van der Waals surface area contributed by atoms with Crippen molar-refractivity contribution in [2.75, 3.05) is 32.8 Å². The van der Waals surface area contributed by atoms with Gasteiger partial charge in [0.15, 0.2) is 0 Å². The average molecular weight is 284 g/mol. The van der Waals surface area contributed by atoms with Crippen LogP contribution in [0.15, 0.2) is 0 Å². The first-order valence-corrected chi connectivity index (χ1v) is 7.47. The molecule has 3 atom stereocenters. The fourth-order valence-corrected chi connectivity index (χ4v) is 3.06. The van der Waals surface area contributed by atoms with Crippen LogP contribution >= 0.6 is 0 Å². The highest BCUT2D eigenvalue weighted by Gasteiger charge is 2.41. The van der Waals surface area contributed by atoms with Gasteiger partial charge in [0.1, 0.15) is 5.92 Å². The largest absolute Gasteiger partial charge is 0.481 e. The standard InChI is InChI=1S/C14H24N2O4/c1-2-6-16(12-9-20-8-11(12)14(18)19)13(17)10-4-3-5-15-7-10/h10-12,15H,2-9H2,1H3,(H,18,19)/t10-,11?,12?/m1/s1. The maximum absolute atomic E-state index is 12.7. The summed E-state index contributed by atoms with van der Waals surface area (Å²) in [5, 5.41) is 12.5. The van der Waals surface area contributed by atoms with E-state index in [2.05, 4.69) is 5.32 Å². The predicted molar refractivity (Wildman–Crippen MR) is 73.3 cm³/mol. The molecular formula is C14H24N2O4. The lowest BCUT2D eigenvalue weighted by Crippen LogP contribution is -2.51. The lowest BCUT2D eigenvalue weighted by molar-refractivity contribution is -0.146. The summed E-state index contributed by atoms with van der Waals surface area (Å²) in [6.07, 6.45) is 2.71. The summed E-state index contributed by atoms with van der Waals surface area (Å²) in [5.74, 6) is -1.41. The SMILES string of the molecule is CCCN(C(=O)[C@@H]1CCCNC1)C1COCC1C(=O)O. The topological polar surface area (TPSA) is 78.9 Å². The van der Waals surface area contributed by atoms with Crippen molar-refractivity contribution in [2.24, 2.45) is 11.8 Å². The first kappa shape index (κ1) is 15.3. The molecule has 114 valence electrons. The Morgan fingerprint density at radius 2 is 2.20 bits per heavy atom. The number of carboxylic acid groups (broad SMARTS) is 1. The van der Waals surface area contributed by atoms with Crippen LogP contribution in [0.2, 0.25) is 0 Å². The van der Waals surface area contributed by atoms with Crippen LogP contribution in [0.3, 0.4) is 0 Å². The number of hydrogen-bond acceptors (Lipinski definition) is 4. The molecule has 1 amide bonds. The maximum Gasteiger partial charge on any atom is 0.311 e. The number of ether oxygens (including phenoxy) is 1. The second-order valence-corrected chi connectivity index (χ2v) is 5.62. The molecule has 2 rings (SSSR count). The molecule has 2 saturated heterocycles. The Labute approximate surface area is 119 Å². The van der Waals surface area contributed by atoms with Crippen molar-refractivity contribution >= 4 is 11.9 Å². The highest BCUT2D eigenvalue weighted by molar-refractivity contribution is 5.81. The first-order chi connectivity index (χ1) is 9.65. The molecule has 0 aromatic rings. The van der Waals surface area contributed by atoms with Gasteiger partial charge in [-0.1, -0.05) is 6.92 Å². The first-order valence-electron chi connectivity index (χ1n) is 7.47. The molecule has 6 nitrogen and oxygen atoms in total. The lowest BCUT2D eigenvalue weighted by Gasteiger charge is -2.34. The molecular weight excluding hydrogens is 260 g/mol. The Bertz CT molecular complexity index is 355. The third-order valence-corrected chi connectivity index (χ3v) is 4.16. The molecule has 2 aliphatic rings. The number of rotatable bonds is 5. The summed E-state index contributed by atoms with van der Waals surface area (Å²) in [6.45, 7) is 4.81. The lowest BCUT2D eigenvalue weighted by atomic mass is 9.95. The zero-order chi connectivity index (χ0) is 14.5. The van der Waals surface area contributed by atoms with Gasteiger partial charge in [-0.25, -0.2) is 0 Å². The monoisotopic (exact) mass is 284 g/mol. The summed E-state index contributed by atoms with van der Waals surface area (Å²) in [6, 6.07) is -0.318. The number of piperidine rings is 1. The van der Waals surface area contributed by atoms with Gasteiger partial charge in [0.25, 0.3) is 0 Å². The Balaban J connectivity index is 2.08. The maximum atomic E-state index is 12.7. The quantitative estimate of drug-likeness (QED) is 0.760. The normalized spacial score (nSPS) is 30.1. The van der Waals surface area contributed by atoms with E-state index in [1.54, 1.807) is 4.90 Å². The van der Waals surface area contributed by atoms with Crippen LogP contribution in [0.4, 0.5) is 0 Å². The van der Waals surface area contributed by atoms with Crippen molar-refractivity contribution in [1.82, 2.24) is 10.2 Å². The Hall–Kier alpha value is -1.14. The van der Waals surface area contributed by atoms with Gasteiger partial charge >= 0.3 is 5.97 Å². The van der Waals surface area contributed by atoms with Crippen molar-refractivity contribution in [3.8, 4) is 0 Å². The van der Waals surface area contributed by atoms with Crippen molar-refractivity contribution in [1.29, 1.82) is 0 Å². The Kier molecular flexibility index (Phi) is 5.37. The second kappa shape index (κ2) is 7.04. The van der Waals surface area contributed by atoms with Gasteiger partial charge in [0.05, 0.1) is 25.2 Å². The second-order valence-electron chi connectivity index (χ2n) is 5.62. The number of nitrogens with one attached hydrogen (secondary N) is 1. The van der Waals surface area contributed by atoms with Gasteiger partial charge in [-0.15, -0.1) is 0 Å². The van der Waals surface area contributed by atoms with E-state index < -0.39 is 11.9 Å². The molecule has 20 heavy (non-hydrogen) atoms. The number of nitrogens with zero attached hydrogens (tertiary/aromatic N) is 1. The predicted octanol–water partition coefficient (Wildman–Crippen LogP) is 0.324. The average Bonchev–Trinajstić information content (AvgIpc) is 2.94. The van der Waals surface area contributed by atoms with E-state index >= 15 is 0 Å². The number of amides is 1. The molecule has 2 N–H and O–H groups in total.